The molecule has 1 aliphatic carbocycles. The zero-order chi connectivity index (χ0) is 33.2. The Morgan fingerprint density at radius 2 is 2.04 bits per heavy atom. The molecule has 0 unspecified atom stereocenters. The number of azide groups is 1. The minimum Gasteiger partial charge on any atom is -0.491 e. The lowest BCUT2D eigenvalue weighted by molar-refractivity contribution is -0.138. The fraction of sp³-hybridized carbons (Fsp3) is 0.576. The first-order chi connectivity index (χ1) is 22.8. The number of amides is 3. The van der Waals surface area contributed by atoms with E-state index in [1.54, 1.807) is 11.0 Å². The van der Waals surface area contributed by atoms with Gasteiger partial charge in [0.15, 0.2) is 11.6 Å². The van der Waals surface area contributed by atoms with Crippen LogP contribution in [0.5, 0.6) is 5.75 Å². The third-order valence-electron chi connectivity index (χ3n) is 9.30. The Bertz CT molecular complexity index is 1480. The third-order valence-corrected chi connectivity index (χ3v) is 9.30. The molecule has 3 N–H and O–H groups in total. The number of benzene rings is 1. The minimum absolute atomic E-state index is 0.0569. The SMILES string of the molecule is [N-]=[N+]=NCC(=O)NC1CCC(CCOc2ccc([C@H](CC(=O)O)N3CCN(CCCc4ccc5c(n4)NCCC5)C3=O)cc2F)CC1. The van der Waals surface area contributed by atoms with E-state index in [9.17, 15) is 19.5 Å². The molecule has 1 aromatic heterocycles. The Labute approximate surface area is 273 Å². The number of fused-ring (bicyclic) bond motifs is 1. The van der Waals surface area contributed by atoms with Gasteiger partial charge in [-0.15, -0.1) is 0 Å². The van der Waals surface area contributed by atoms with Crippen LogP contribution in [-0.2, 0) is 22.4 Å². The summed E-state index contributed by atoms with van der Waals surface area (Å²) in [4.78, 5) is 47.5. The maximum Gasteiger partial charge on any atom is 0.320 e. The van der Waals surface area contributed by atoms with Gasteiger partial charge in [-0.3, -0.25) is 9.59 Å². The summed E-state index contributed by atoms with van der Waals surface area (Å²) in [6.45, 7) is 2.40. The number of aryl methyl sites for hydroxylation is 2. The minimum atomic E-state index is -1.07. The van der Waals surface area contributed by atoms with E-state index < -0.39 is 17.8 Å². The van der Waals surface area contributed by atoms with Crippen LogP contribution in [0.25, 0.3) is 10.4 Å². The van der Waals surface area contributed by atoms with Crippen LogP contribution in [0.3, 0.4) is 0 Å². The van der Waals surface area contributed by atoms with Crippen LogP contribution < -0.4 is 15.4 Å². The summed E-state index contributed by atoms with van der Waals surface area (Å²) in [6.07, 6.45) is 7.42. The highest BCUT2D eigenvalue weighted by Crippen LogP contribution is 2.32. The van der Waals surface area contributed by atoms with Crippen LogP contribution >= 0.6 is 0 Å². The molecule has 5 rings (SSSR count). The van der Waals surface area contributed by atoms with Gasteiger partial charge < -0.3 is 30.3 Å². The van der Waals surface area contributed by atoms with Gasteiger partial charge >= 0.3 is 12.0 Å². The van der Waals surface area contributed by atoms with Crippen LogP contribution in [0.1, 0.15) is 74.2 Å². The summed E-state index contributed by atoms with van der Waals surface area (Å²) in [5.41, 5.74) is 11.0. The third kappa shape index (κ3) is 9.25. The number of urea groups is 1. The molecule has 0 bridgehead atoms. The zero-order valence-corrected chi connectivity index (χ0v) is 26.6. The van der Waals surface area contributed by atoms with E-state index in [1.807, 2.05) is 6.07 Å². The number of aromatic nitrogens is 1. The quantitative estimate of drug-likeness (QED) is 0.135. The number of hydrogen-bond acceptors (Lipinski definition) is 7. The molecule has 3 heterocycles. The molecule has 3 aliphatic rings. The van der Waals surface area contributed by atoms with E-state index in [2.05, 4.69) is 26.7 Å². The van der Waals surface area contributed by atoms with Crippen LogP contribution in [-0.4, -0.2) is 83.2 Å². The Kier molecular flexibility index (Phi) is 11.7. The van der Waals surface area contributed by atoms with Gasteiger partial charge in [-0.25, -0.2) is 14.2 Å². The number of carboxylic acids is 1. The number of nitrogens with zero attached hydrogens (tertiary/aromatic N) is 6. The van der Waals surface area contributed by atoms with E-state index >= 15 is 4.39 Å². The highest BCUT2D eigenvalue weighted by atomic mass is 19.1. The van der Waals surface area contributed by atoms with Crippen LogP contribution in [0.15, 0.2) is 35.4 Å². The van der Waals surface area contributed by atoms with Gasteiger partial charge in [-0.1, -0.05) is 17.2 Å². The van der Waals surface area contributed by atoms with Gasteiger partial charge in [0.2, 0.25) is 5.91 Å². The second kappa shape index (κ2) is 16.3. The molecule has 2 fully saturated rings. The molecule has 1 aromatic carbocycles. The van der Waals surface area contributed by atoms with Crippen molar-refractivity contribution in [3.63, 3.8) is 0 Å². The van der Waals surface area contributed by atoms with Crippen molar-refractivity contribution in [2.75, 3.05) is 44.6 Å². The van der Waals surface area contributed by atoms with Gasteiger partial charge in [0.25, 0.3) is 0 Å². The molecule has 14 heteroatoms. The Hall–Kier alpha value is -4.58. The number of carbonyl (C=O) groups excluding carboxylic acids is 2. The molecule has 1 atom stereocenters. The molecule has 47 heavy (non-hydrogen) atoms. The van der Waals surface area contributed by atoms with Crippen molar-refractivity contribution < 1.29 is 28.6 Å². The summed E-state index contributed by atoms with van der Waals surface area (Å²) >= 11 is 0. The number of anilines is 1. The van der Waals surface area contributed by atoms with Crippen molar-refractivity contribution in [2.45, 2.75) is 76.3 Å². The normalized spacial score (nSPS) is 19.7. The molecular weight excluding hydrogens is 607 g/mol. The first-order valence-electron chi connectivity index (χ1n) is 16.5. The number of ether oxygens (including phenoxy) is 1. The highest BCUT2D eigenvalue weighted by Gasteiger charge is 2.35. The number of aliphatic carboxylic acids is 1. The van der Waals surface area contributed by atoms with Crippen molar-refractivity contribution in [3.05, 3.63) is 63.4 Å². The van der Waals surface area contributed by atoms with Crippen molar-refractivity contribution in [1.29, 1.82) is 0 Å². The van der Waals surface area contributed by atoms with Gasteiger partial charge in [0, 0.05) is 42.8 Å². The largest absolute Gasteiger partial charge is 0.491 e. The maximum atomic E-state index is 15.2. The number of carboxylic acid groups (broad SMARTS) is 1. The number of rotatable bonds is 15. The molecule has 2 aromatic rings. The monoisotopic (exact) mass is 650 g/mol. The highest BCUT2D eigenvalue weighted by molar-refractivity contribution is 5.79. The van der Waals surface area contributed by atoms with E-state index in [0.29, 0.717) is 37.7 Å². The van der Waals surface area contributed by atoms with Crippen molar-refractivity contribution in [3.8, 4) is 5.75 Å². The van der Waals surface area contributed by atoms with Gasteiger partial charge in [0.05, 0.1) is 19.1 Å². The van der Waals surface area contributed by atoms with Gasteiger partial charge in [-0.2, -0.15) is 0 Å². The average molecular weight is 651 g/mol. The second-order valence-corrected chi connectivity index (χ2v) is 12.5. The molecular formula is C33H43FN8O5. The molecule has 3 amide bonds. The summed E-state index contributed by atoms with van der Waals surface area (Å²) in [7, 11) is 0. The van der Waals surface area contributed by atoms with E-state index in [4.69, 9.17) is 15.3 Å². The van der Waals surface area contributed by atoms with Gasteiger partial charge in [0.1, 0.15) is 12.4 Å². The number of nitrogens with one attached hydrogen (secondary N) is 2. The molecule has 252 valence electrons. The van der Waals surface area contributed by atoms with Crippen molar-refractivity contribution in [1.82, 2.24) is 20.1 Å². The predicted octanol–water partition coefficient (Wildman–Crippen LogP) is 5.22. The Morgan fingerprint density at radius 1 is 1.21 bits per heavy atom. The predicted molar refractivity (Wildman–Crippen MR) is 172 cm³/mol. The summed E-state index contributed by atoms with van der Waals surface area (Å²) in [5, 5.41) is 19.2. The number of pyridine rings is 1. The lowest BCUT2D eigenvalue weighted by atomic mass is 9.84. The zero-order valence-electron chi connectivity index (χ0n) is 26.6. The van der Waals surface area contributed by atoms with Crippen LogP contribution in [0, 0.1) is 11.7 Å². The van der Waals surface area contributed by atoms with Crippen molar-refractivity contribution in [2.24, 2.45) is 11.0 Å². The number of carbonyl (C=O) groups is 3. The van der Waals surface area contributed by atoms with E-state index in [0.717, 1.165) is 75.8 Å². The summed E-state index contributed by atoms with van der Waals surface area (Å²) in [6, 6.07) is 7.59. The van der Waals surface area contributed by atoms with Gasteiger partial charge in [-0.05, 0) is 98.6 Å². The van der Waals surface area contributed by atoms with Crippen LogP contribution in [0.4, 0.5) is 15.0 Å². The Morgan fingerprint density at radius 3 is 2.81 bits per heavy atom. The van der Waals surface area contributed by atoms with E-state index in [-0.39, 0.29) is 36.7 Å². The molecule has 13 nitrogen and oxygen atoms in total. The first kappa shape index (κ1) is 33.8. The fourth-order valence-electron chi connectivity index (χ4n) is 6.77. The smallest absolute Gasteiger partial charge is 0.320 e. The lowest BCUT2D eigenvalue weighted by Gasteiger charge is -2.29. The molecule has 1 saturated carbocycles. The molecule has 2 aliphatic heterocycles. The summed E-state index contributed by atoms with van der Waals surface area (Å²) < 4.78 is 21.0. The second-order valence-electron chi connectivity index (χ2n) is 12.5. The van der Waals surface area contributed by atoms with Crippen molar-refractivity contribution >= 4 is 23.7 Å². The number of halogens is 1. The first-order valence-corrected chi connectivity index (χ1v) is 16.5. The topological polar surface area (TPSA) is 173 Å². The lowest BCUT2D eigenvalue weighted by Crippen LogP contribution is -2.38. The molecule has 0 radical (unpaired) electrons. The molecule has 0 spiro atoms. The van der Waals surface area contributed by atoms with E-state index in [1.165, 1.54) is 22.6 Å². The molecule has 1 saturated heterocycles. The van der Waals surface area contributed by atoms with Crippen LogP contribution in [0.2, 0.25) is 0 Å². The number of hydrogen-bond donors (Lipinski definition) is 3. The standard InChI is InChI=1S/C33H43FN8O5/c34-27-19-24(8-12-29(27)47-18-13-22-5-9-26(10-6-22)38-30(43)21-37-40-35)28(20-31(44)45)42-17-16-41(33(42)46)15-2-4-25-11-7-23-3-1-14-36-32(23)39-25/h7-8,11-12,19,22,26,28H,1-6,9-10,13-18,20-21H2,(H,36,39)(H,38,43)(H,44,45)/t22?,26?,28-/m0/s1. The Balaban J connectivity index is 1.10. The fourth-order valence-corrected chi connectivity index (χ4v) is 6.77. The summed E-state index contributed by atoms with van der Waals surface area (Å²) in [5.74, 6) is -0.527. The maximum absolute atomic E-state index is 15.2. The average Bonchev–Trinajstić information content (AvgIpc) is 3.43.